The number of rotatable bonds is 7. The van der Waals surface area contributed by atoms with Gasteiger partial charge in [-0.05, 0) is 42.5 Å². The summed E-state index contributed by atoms with van der Waals surface area (Å²) >= 11 is 0. The second-order valence-corrected chi connectivity index (χ2v) is 8.81. The molecule has 0 aliphatic carbocycles. The van der Waals surface area contributed by atoms with E-state index in [1.807, 2.05) is 29.2 Å². The molecule has 0 saturated carbocycles. The molecule has 0 spiro atoms. The first-order chi connectivity index (χ1) is 16.4. The molecule has 2 heterocycles. The summed E-state index contributed by atoms with van der Waals surface area (Å²) in [5, 5.41) is 0.649. The minimum absolute atomic E-state index is 0.0664. The summed E-state index contributed by atoms with van der Waals surface area (Å²) in [4.78, 5) is 27.7. The average Bonchev–Trinajstić information content (AvgIpc) is 2.86. The molecular formula is C27H31NO6. The monoisotopic (exact) mass is 465 g/mol. The number of methoxy groups -OCH3 is 3. The Morgan fingerprint density at radius 1 is 1.06 bits per heavy atom. The molecule has 1 saturated heterocycles. The number of benzene rings is 2. The Labute approximate surface area is 199 Å². The van der Waals surface area contributed by atoms with Crippen molar-refractivity contribution in [3.05, 3.63) is 64.0 Å². The molecule has 3 aromatic rings. The van der Waals surface area contributed by atoms with Crippen molar-refractivity contribution >= 4 is 16.9 Å². The zero-order valence-corrected chi connectivity index (χ0v) is 20.1. The van der Waals surface area contributed by atoms with E-state index in [2.05, 4.69) is 6.92 Å². The quantitative estimate of drug-likeness (QED) is 0.475. The van der Waals surface area contributed by atoms with E-state index in [-0.39, 0.29) is 12.3 Å². The summed E-state index contributed by atoms with van der Waals surface area (Å²) in [6, 6.07) is 12.4. The Morgan fingerprint density at radius 2 is 1.79 bits per heavy atom. The first-order valence-corrected chi connectivity index (χ1v) is 11.6. The summed E-state index contributed by atoms with van der Waals surface area (Å²) in [5.74, 6) is 1.90. The van der Waals surface area contributed by atoms with E-state index >= 15 is 0 Å². The molecule has 1 aliphatic heterocycles. The fourth-order valence-electron chi connectivity index (χ4n) is 4.81. The Balaban J connectivity index is 1.88. The molecule has 4 rings (SSSR count). The molecule has 1 aromatic heterocycles. The molecule has 1 amide bonds. The Morgan fingerprint density at radius 3 is 2.44 bits per heavy atom. The van der Waals surface area contributed by atoms with Gasteiger partial charge in [0.1, 0.15) is 22.8 Å². The van der Waals surface area contributed by atoms with E-state index in [0.29, 0.717) is 33.9 Å². The Kier molecular flexibility index (Phi) is 7.10. The summed E-state index contributed by atoms with van der Waals surface area (Å²) in [6.07, 6.45) is 2.35. The van der Waals surface area contributed by atoms with Gasteiger partial charge in [0.25, 0.3) is 0 Å². The van der Waals surface area contributed by atoms with Crippen LogP contribution < -0.4 is 19.8 Å². The molecule has 2 atom stereocenters. The van der Waals surface area contributed by atoms with Crippen molar-refractivity contribution in [3.63, 3.8) is 0 Å². The highest BCUT2D eigenvalue weighted by Crippen LogP contribution is 2.43. The number of hydrogen-bond acceptors (Lipinski definition) is 6. The van der Waals surface area contributed by atoms with Crippen LogP contribution in [-0.4, -0.2) is 45.2 Å². The molecule has 7 nitrogen and oxygen atoms in total. The topological polar surface area (TPSA) is 78.2 Å². The molecule has 180 valence electrons. The van der Waals surface area contributed by atoms with Crippen molar-refractivity contribution in [2.24, 2.45) is 5.92 Å². The van der Waals surface area contributed by atoms with Crippen molar-refractivity contribution < 1.29 is 23.4 Å². The lowest BCUT2D eigenvalue weighted by atomic mass is 9.85. The van der Waals surface area contributed by atoms with E-state index in [9.17, 15) is 9.59 Å². The third kappa shape index (κ3) is 4.74. The predicted octanol–water partition coefficient (Wildman–Crippen LogP) is 4.60. The van der Waals surface area contributed by atoms with E-state index in [0.717, 1.165) is 37.2 Å². The van der Waals surface area contributed by atoms with Gasteiger partial charge in [-0.25, -0.2) is 4.79 Å². The molecule has 2 aromatic carbocycles. The minimum Gasteiger partial charge on any atom is -0.497 e. The predicted molar refractivity (Wildman–Crippen MR) is 130 cm³/mol. The highest BCUT2D eigenvalue weighted by atomic mass is 16.5. The smallest absolute Gasteiger partial charge is 0.336 e. The van der Waals surface area contributed by atoms with Gasteiger partial charge in [-0.2, -0.15) is 0 Å². The van der Waals surface area contributed by atoms with E-state index in [4.69, 9.17) is 18.6 Å². The number of amides is 1. The number of piperidine rings is 1. The van der Waals surface area contributed by atoms with Gasteiger partial charge in [0.05, 0.1) is 26.7 Å². The summed E-state index contributed by atoms with van der Waals surface area (Å²) in [7, 11) is 4.73. The zero-order valence-electron chi connectivity index (χ0n) is 20.1. The maximum absolute atomic E-state index is 13.5. The number of likely N-dealkylation sites (tertiary alicyclic amines) is 1. The zero-order chi connectivity index (χ0) is 24.2. The van der Waals surface area contributed by atoms with Crippen LogP contribution >= 0.6 is 0 Å². The number of carbonyl (C=O) groups excluding carboxylic acids is 1. The number of fused-ring (bicyclic) bond motifs is 1. The third-order valence-corrected chi connectivity index (χ3v) is 6.57. The van der Waals surface area contributed by atoms with Gasteiger partial charge in [0.2, 0.25) is 5.91 Å². The summed E-state index contributed by atoms with van der Waals surface area (Å²) < 4.78 is 22.3. The minimum atomic E-state index is -0.478. The van der Waals surface area contributed by atoms with Gasteiger partial charge in [-0.15, -0.1) is 0 Å². The van der Waals surface area contributed by atoms with Crippen LogP contribution in [0.3, 0.4) is 0 Å². The van der Waals surface area contributed by atoms with Gasteiger partial charge in [-0.3, -0.25) is 4.79 Å². The number of hydrogen-bond donors (Lipinski definition) is 0. The van der Waals surface area contributed by atoms with Crippen molar-refractivity contribution in [3.8, 4) is 17.2 Å². The van der Waals surface area contributed by atoms with Gasteiger partial charge in [-0.1, -0.05) is 19.1 Å². The van der Waals surface area contributed by atoms with E-state index in [1.165, 1.54) is 6.07 Å². The van der Waals surface area contributed by atoms with Crippen molar-refractivity contribution in [2.45, 2.75) is 32.1 Å². The van der Waals surface area contributed by atoms with Crippen LogP contribution in [0.1, 0.15) is 43.2 Å². The molecule has 0 radical (unpaired) electrons. The molecule has 7 heteroatoms. The number of ether oxygens (including phenoxy) is 3. The summed E-state index contributed by atoms with van der Waals surface area (Å²) in [6.45, 7) is 3.69. The van der Waals surface area contributed by atoms with Crippen LogP contribution in [0.5, 0.6) is 17.2 Å². The standard InChI is InChI=1S/C27H31NO6/c1-17-6-5-13-28(16-17)24(29)14-21(18-7-9-19(31-2)10-8-18)26-23(33-4)15-22(32-3)20-11-12-25(30)34-27(20)26/h7-12,15,17,21H,5-6,13-14,16H2,1-4H3/t17-,21+/m0/s1. The molecule has 34 heavy (non-hydrogen) atoms. The van der Waals surface area contributed by atoms with Crippen LogP contribution in [0.4, 0.5) is 0 Å². The van der Waals surface area contributed by atoms with Crippen LogP contribution in [0.15, 0.2) is 51.7 Å². The van der Waals surface area contributed by atoms with Gasteiger partial charge >= 0.3 is 5.63 Å². The van der Waals surface area contributed by atoms with Crippen LogP contribution in [-0.2, 0) is 4.79 Å². The van der Waals surface area contributed by atoms with Crippen molar-refractivity contribution in [1.29, 1.82) is 0 Å². The molecule has 0 N–H and O–H groups in total. The van der Waals surface area contributed by atoms with E-state index in [1.54, 1.807) is 33.5 Å². The highest BCUT2D eigenvalue weighted by Gasteiger charge is 2.30. The van der Waals surface area contributed by atoms with Crippen molar-refractivity contribution in [2.75, 3.05) is 34.4 Å². The molecule has 1 fully saturated rings. The molecule has 0 bridgehead atoms. The van der Waals surface area contributed by atoms with Crippen LogP contribution in [0, 0.1) is 5.92 Å². The fourth-order valence-corrected chi connectivity index (χ4v) is 4.81. The maximum Gasteiger partial charge on any atom is 0.336 e. The lowest BCUT2D eigenvalue weighted by Crippen LogP contribution is -2.39. The highest BCUT2D eigenvalue weighted by molar-refractivity contribution is 5.90. The molecule has 1 aliphatic rings. The molecule has 0 unspecified atom stereocenters. The van der Waals surface area contributed by atoms with Crippen LogP contribution in [0.25, 0.3) is 11.0 Å². The number of nitrogens with zero attached hydrogens (tertiary/aromatic N) is 1. The number of carbonyl (C=O) groups is 1. The lowest BCUT2D eigenvalue weighted by Gasteiger charge is -2.32. The maximum atomic E-state index is 13.5. The normalized spacial score (nSPS) is 16.8. The van der Waals surface area contributed by atoms with Crippen LogP contribution in [0.2, 0.25) is 0 Å². The van der Waals surface area contributed by atoms with Crippen molar-refractivity contribution in [1.82, 2.24) is 4.90 Å². The fraction of sp³-hybridized carbons (Fsp3) is 0.407. The second kappa shape index (κ2) is 10.2. The Bertz CT molecular complexity index is 1220. The first-order valence-electron chi connectivity index (χ1n) is 11.6. The lowest BCUT2D eigenvalue weighted by molar-refractivity contribution is -0.133. The average molecular weight is 466 g/mol. The first kappa shape index (κ1) is 23.7. The van der Waals surface area contributed by atoms with Gasteiger partial charge in [0.15, 0.2) is 0 Å². The Hall–Kier alpha value is -3.48. The summed E-state index contributed by atoms with van der Waals surface area (Å²) in [5.41, 5.74) is 1.44. The van der Waals surface area contributed by atoms with Gasteiger partial charge < -0.3 is 23.5 Å². The third-order valence-electron chi connectivity index (χ3n) is 6.57. The second-order valence-electron chi connectivity index (χ2n) is 8.81. The SMILES string of the molecule is COc1ccc([C@@H](CC(=O)N2CCC[C@H](C)C2)c2c(OC)cc(OC)c3ccc(=O)oc23)cc1. The van der Waals surface area contributed by atoms with Gasteiger partial charge in [0, 0.05) is 43.1 Å². The van der Waals surface area contributed by atoms with E-state index < -0.39 is 11.5 Å². The molecular weight excluding hydrogens is 434 g/mol. The largest absolute Gasteiger partial charge is 0.497 e.